The van der Waals surface area contributed by atoms with Gasteiger partial charge in [0.1, 0.15) is 0 Å². The summed E-state index contributed by atoms with van der Waals surface area (Å²) in [6.07, 6.45) is 0. The molecule has 58 valence electrons. The average molecular weight is 158 g/mol. The lowest BCUT2D eigenvalue weighted by Crippen LogP contribution is -1.84. The van der Waals surface area contributed by atoms with Gasteiger partial charge in [0.05, 0.1) is 6.57 Å². The first-order valence-electron chi connectivity index (χ1n) is 3.39. The standard InChI is InChI=1S/C9H5NO2/c1-10-8-6-4-2-3-5-7(6)9(11)12-8/h2-5,11H/p-1. The van der Waals surface area contributed by atoms with Crippen molar-refractivity contribution in [3.05, 3.63) is 35.7 Å². The van der Waals surface area contributed by atoms with Gasteiger partial charge in [-0.25, -0.2) is 4.85 Å². The number of fused-ring (bicyclic) bond motifs is 1. The molecular weight excluding hydrogens is 154 g/mol. The fourth-order valence-electron chi connectivity index (χ4n) is 1.13. The molecule has 1 aromatic heterocycles. The van der Waals surface area contributed by atoms with Gasteiger partial charge in [-0.2, -0.15) is 0 Å². The van der Waals surface area contributed by atoms with Crippen molar-refractivity contribution in [2.24, 2.45) is 0 Å². The van der Waals surface area contributed by atoms with E-state index in [2.05, 4.69) is 4.85 Å². The highest BCUT2D eigenvalue weighted by Crippen LogP contribution is 2.34. The number of furan rings is 1. The Morgan fingerprint density at radius 2 is 1.92 bits per heavy atom. The van der Waals surface area contributed by atoms with Crippen molar-refractivity contribution in [3.8, 4) is 5.95 Å². The van der Waals surface area contributed by atoms with Crippen LogP contribution in [0.15, 0.2) is 28.7 Å². The monoisotopic (exact) mass is 158 g/mol. The van der Waals surface area contributed by atoms with E-state index in [0.29, 0.717) is 10.8 Å². The van der Waals surface area contributed by atoms with Crippen molar-refractivity contribution in [2.75, 3.05) is 0 Å². The number of nitrogens with zero attached hydrogens (tertiary/aromatic N) is 1. The maximum Gasteiger partial charge on any atom is 0.245 e. The number of hydrogen-bond acceptors (Lipinski definition) is 2. The van der Waals surface area contributed by atoms with Gasteiger partial charge in [0.2, 0.25) is 5.88 Å². The first kappa shape index (κ1) is 6.74. The van der Waals surface area contributed by atoms with Gasteiger partial charge in [-0.05, 0) is 10.8 Å². The second-order valence-corrected chi connectivity index (χ2v) is 2.35. The minimum atomic E-state index is -0.434. The molecule has 0 spiro atoms. The maximum atomic E-state index is 11.0. The summed E-state index contributed by atoms with van der Waals surface area (Å²) in [7, 11) is 0. The minimum absolute atomic E-state index is 0.0793. The molecule has 0 saturated carbocycles. The molecule has 0 N–H and O–H groups in total. The number of benzene rings is 1. The first-order chi connectivity index (χ1) is 5.83. The van der Waals surface area contributed by atoms with E-state index < -0.39 is 5.95 Å². The predicted octanol–water partition coefficient (Wildman–Crippen LogP) is 2.06. The Hall–Kier alpha value is -1.95. The van der Waals surface area contributed by atoms with Gasteiger partial charge in [0.25, 0.3) is 0 Å². The van der Waals surface area contributed by atoms with Crippen LogP contribution in [-0.4, -0.2) is 0 Å². The highest BCUT2D eigenvalue weighted by Gasteiger charge is 2.01. The first-order valence-corrected chi connectivity index (χ1v) is 3.39. The third-order valence-electron chi connectivity index (χ3n) is 1.67. The Balaban J connectivity index is 2.94. The lowest BCUT2D eigenvalue weighted by atomic mass is 10.2. The topological polar surface area (TPSA) is 40.6 Å². The van der Waals surface area contributed by atoms with E-state index in [1.807, 2.05) is 0 Å². The van der Waals surface area contributed by atoms with Crippen LogP contribution in [0.5, 0.6) is 5.95 Å². The van der Waals surface area contributed by atoms with Gasteiger partial charge >= 0.3 is 0 Å². The van der Waals surface area contributed by atoms with Gasteiger partial charge in [-0.1, -0.05) is 24.3 Å². The highest BCUT2D eigenvalue weighted by atomic mass is 16.5. The highest BCUT2D eigenvalue weighted by molar-refractivity contribution is 5.95. The summed E-state index contributed by atoms with van der Waals surface area (Å²) < 4.78 is 4.70. The molecule has 0 unspecified atom stereocenters. The van der Waals surface area contributed by atoms with Crippen LogP contribution < -0.4 is 5.11 Å². The summed E-state index contributed by atoms with van der Waals surface area (Å²) >= 11 is 0. The smallest absolute Gasteiger partial charge is 0.245 e. The molecule has 0 radical (unpaired) electrons. The summed E-state index contributed by atoms with van der Waals surface area (Å²) in [4.78, 5) is 3.10. The molecular formula is C9H4NO2-. The molecule has 0 saturated heterocycles. The van der Waals surface area contributed by atoms with E-state index in [-0.39, 0.29) is 5.88 Å². The van der Waals surface area contributed by atoms with E-state index in [1.165, 1.54) is 0 Å². The molecule has 1 aromatic carbocycles. The largest absolute Gasteiger partial charge is 0.611 e. The van der Waals surface area contributed by atoms with E-state index in [0.717, 1.165) is 0 Å². The van der Waals surface area contributed by atoms with Crippen LogP contribution in [0.2, 0.25) is 0 Å². The third-order valence-corrected chi connectivity index (χ3v) is 1.67. The minimum Gasteiger partial charge on any atom is -0.611 e. The van der Waals surface area contributed by atoms with Crippen LogP contribution in [0, 0.1) is 6.57 Å². The second-order valence-electron chi connectivity index (χ2n) is 2.35. The Bertz CT molecular complexity index is 465. The third kappa shape index (κ3) is 0.753. The summed E-state index contributed by atoms with van der Waals surface area (Å²) in [5.74, 6) is -0.354. The van der Waals surface area contributed by atoms with Crippen molar-refractivity contribution in [1.29, 1.82) is 0 Å². The predicted molar refractivity (Wildman–Crippen MR) is 41.9 cm³/mol. The Morgan fingerprint density at radius 3 is 2.58 bits per heavy atom. The van der Waals surface area contributed by atoms with Gasteiger partial charge in [0, 0.05) is 5.95 Å². The second kappa shape index (κ2) is 2.28. The number of rotatable bonds is 0. The van der Waals surface area contributed by atoms with Crippen LogP contribution in [0.1, 0.15) is 0 Å². The summed E-state index contributed by atoms with van der Waals surface area (Å²) in [6.45, 7) is 6.73. The van der Waals surface area contributed by atoms with Crippen LogP contribution in [0.3, 0.4) is 0 Å². The average Bonchev–Trinajstić information content (AvgIpc) is 2.44. The lowest BCUT2D eigenvalue weighted by Gasteiger charge is -1.93. The molecule has 0 aliphatic carbocycles. The zero-order chi connectivity index (χ0) is 8.55. The summed E-state index contributed by atoms with van der Waals surface area (Å²) in [5, 5.41) is 12.1. The molecule has 2 rings (SSSR count). The van der Waals surface area contributed by atoms with Crippen molar-refractivity contribution >= 4 is 16.7 Å². The van der Waals surface area contributed by atoms with Gasteiger partial charge in [0.15, 0.2) is 0 Å². The molecule has 0 atom stereocenters. The van der Waals surface area contributed by atoms with Crippen LogP contribution in [0.25, 0.3) is 15.6 Å². The van der Waals surface area contributed by atoms with E-state index in [4.69, 9.17) is 11.0 Å². The molecule has 0 amide bonds. The van der Waals surface area contributed by atoms with Crippen LogP contribution >= 0.6 is 0 Å². The van der Waals surface area contributed by atoms with Crippen molar-refractivity contribution in [3.63, 3.8) is 0 Å². The quantitative estimate of drug-likeness (QED) is 0.550. The van der Waals surface area contributed by atoms with Crippen LogP contribution in [0.4, 0.5) is 5.88 Å². The van der Waals surface area contributed by atoms with Gasteiger partial charge in [-0.15, -0.1) is 0 Å². The molecule has 2 aromatic rings. The molecule has 0 aliphatic heterocycles. The molecule has 0 aliphatic rings. The zero-order valence-corrected chi connectivity index (χ0v) is 6.07. The Kier molecular flexibility index (Phi) is 1.28. The Labute approximate surface area is 68.7 Å². The molecule has 0 fully saturated rings. The van der Waals surface area contributed by atoms with Crippen molar-refractivity contribution in [2.45, 2.75) is 0 Å². The Morgan fingerprint density at radius 1 is 1.25 bits per heavy atom. The van der Waals surface area contributed by atoms with Gasteiger partial charge in [-0.3, -0.25) is 0 Å². The molecule has 3 nitrogen and oxygen atoms in total. The van der Waals surface area contributed by atoms with Crippen LogP contribution in [-0.2, 0) is 0 Å². The van der Waals surface area contributed by atoms with E-state index >= 15 is 0 Å². The lowest BCUT2D eigenvalue weighted by molar-refractivity contribution is -0.290. The van der Waals surface area contributed by atoms with Crippen molar-refractivity contribution in [1.82, 2.24) is 0 Å². The fourth-order valence-corrected chi connectivity index (χ4v) is 1.13. The zero-order valence-electron chi connectivity index (χ0n) is 6.07. The van der Waals surface area contributed by atoms with E-state index in [1.54, 1.807) is 24.3 Å². The maximum absolute atomic E-state index is 11.0. The van der Waals surface area contributed by atoms with Gasteiger partial charge < -0.3 is 9.52 Å². The molecule has 1 heterocycles. The summed E-state index contributed by atoms with van der Waals surface area (Å²) in [6, 6.07) is 6.86. The normalized spacial score (nSPS) is 9.92. The molecule has 3 heteroatoms. The fraction of sp³-hybridized carbons (Fsp3) is 0. The van der Waals surface area contributed by atoms with Crippen molar-refractivity contribution < 1.29 is 9.52 Å². The number of hydrogen-bond donors (Lipinski definition) is 0. The van der Waals surface area contributed by atoms with E-state index in [9.17, 15) is 5.11 Å². The molecule has 0 bridgehead atoms. The SMILES string of the molecule is [C-]#[N+]c1oc([O-])c2ccccc12. The molecule has 12 heavy (non-hydrogen) atoms. The summed E-state index contributed by atoms with van der Waals surface area (Å²) in [5.41, 5.74) is 0.